The summed E-state index contributed by atoms with van der Waals surface area (Å²) in [4.78, 5) is 28.4. The van der Waals surface area contributed by atoms with E-state index in [2.05, 4.69) is 34.0 Å². The van der Waals surface area contributed by atoms with E-state index in [1.54, 1.807) is 29.8 Å². The molecule has 0 radical (unpaired) electrons. The maximum atomic E-state index is 14.7. The lowest BCUT2D eigenvalue weighted by molar-refractivity contribution is -0.120. The first kappa shape index (κ1) is 22.0. The molecule has 1 aromatic carbocycles. The SMILES string of the molecule is Cc1sc2ncnc(N3CCC(C(=O)Nc4ccc(N5CCOCC5)c(F)c4)CC3)c2c1C. The Bertz CT molecular complexity index is 1170. The summed E-state index contributed by atoms with van der Waals surface area (Å²) in [6, 6.07) is 4.93. The minimum Gasteiger partial charge on any atom is -0.378 e. The summed E-state index contributed by atoms with van der Waals surface area (Å²) in [5.41, 5.74) is 2.28. The molecule has 2 saturated heterocycles. The summed E-state index contributed by atoms with van der Waals surface area (Å²) in [7, 11) is 0. The lowest BCUT2D eigenvalue weighted by Crippen LogP contribution is -2.38. The van der Waals surface area contributed by atoms with Crippen LogP contribution in [0.1, 0.15) is 23.3 Å². The van der Waals surface area contributed by atoms with Crippen LogP contribution in [-0.4, -0.2) is 55.3 Å². The molecule has 4 heterocycles. The van der Waals surface area contributed by atoms with Crippen molar-refractivity contribution in [2.75, 3.05) is 54.5 Å². The molecule has 0 aliphatic carbocycles. The Labute approximate surface area is 196 Å². The molecule has 9 heteroatoms. The van der Waals surface area contributed by atoms with Gasteiger partial charge >= 0.3 is 0 Å². The van der Waals surface area contributed by atoms with Gasteiger partial charge in [0.05, 0.1) is 24.3 Å². The number of halogens is 1. The predicted molar refractivity (Wildman–Crippen MR) is 130 cm³/mol. The molecular formula is C24H28FN5O2S. The zero-order chi connectivity index (χ0) is 22.9. The zero-order valence-corrected chi connectivity index (χ0v) is 19.8. The molecule has 0 saturated carbocycles. The number of fused-ring (bicyclic) bond motifs is 1. The molecule has 0 bridgehead atoms. The third-order valence-corrected chi connectivity index (χ3v) is 7.79. The van der Waals surface area contributed by atoms with E-state index in [4.69, 9.17) is 4.74 Å². The van der Waals surface area contributed by atoms with Crippen LogP contribution < -0.4 is 15.1 Å². The van der Waals surface area contributed by atoms with Gasteiger partial charge < -0.3 is 19.9 Å². The average Bonchev–Trinajstić information content (AvgIpc) is 3.13. The summed E-state index contributed by atoms with van der Waals surface area (Å²) in [5.74, 6) is 0.481. The molecule has 0 unspecified atom stereocenters. The molecule has 5 rings (SSSR count). The fourth-order valence-electron chi connectivity index (χ4n) is 4.65. The number of aromatic nitrogens is 2. The van der Waals surface area contributed by atoms with Crippen LogP contribution in [0.25, 0.3) is 10.2 Å². The van der Waals surface area contributed by atoms with Gasteiger partial charge in [-0.25, -0.2) is 14.4 Å². The molecule has 7 nitrogen and oxygen atoms in total. The number of anilines is 3. The number of carbonyl (C=O) groups excluding carboxylic acids is 1. The molecule has 2 fully saturated rings. The number of hydrogen-bond acceptors (Lipinski definition) is 7. The van der Waals surface area contributed by atoms with Crippen LogP contribution in [0, 0.1) is 25.6 Å². The van der Waals surface area contributed by atoms with Crippen LogP contribution in [0.15, 0.2) is 24.5 Å². The number of ether oxygens (including phenoxy) is 1. The van der Waals surface area contributed by atoms with Crippen molar-refractivity contribution >= 4 is 44.7 Å². The number of nitrogens with one attached hydrogen (secondary N) is 1. The number of carbonyl (C=O) groups is 1. The number of piperidine rings is 1. The Morgan fingerprint density at radius 2 is 1.88 bits per heavy atom. The number of thiophene rings is 1. The second kappa shape index (κ2) is 9.23. The fourth-order valence-corrected chi connectivity index (χ4v) is 5.64. The molecule has 0 spiro atoms. The number of amides is 1. The number of rotatable bonds is 4. The van der Waals surface area contributed by atoms with Gasteiger partial charge in [-0.05, 0) is 50.5 Å². The van der Waals surface area contributed by atoms with Gasteiger partial charge in [-0.2, -0.15) is 0 Å². The minimum atomic E-state index is -0.321. The van der Waals surface area contributed by atoms with E-state index in [1.165, 1.54) is 16.5 Å². The Morgan fingerprint density at radius 1 is 1.12 bits per heavy atom. The molecule has 0 atom stereocenters. The van der Waals surface area contributed by atoms with Crippen molar-refractivity contribution in [1.29, 1.82) is 0 Å². The minimum absolute atomic E-state index is 0.0523. The Morgan fingerprint density at radius 3 is 2.61 bits per heavy atom. The summed E-state index contributed by atoms with van der Waals surface area (Å²) in [6.45, 7) is 8.27. The average molecular weight is 470 g/mol. The third kappa shape index (κ3) is 4.39. The standard InChI is InChI=1S/C24H28FN5O2S/c1-15-16(2)33-24-21(15)22(26-14-27-24)30-7-5-17(6-8-30)23(31)28-18-3-4-20(19(25)13-18)29-9-11-32-12-10-29/h3-4,13-14,17H,5-12H2,1-2H3,(H,28,31). The molecule has 2 aromatic heterocycles. The van der Waals surface area contributed by atoms with Crippen LogP contribution in [0.4, 0.5) is 21.6 Å². The van der Waals surface area contributed by atoms with Gasteiger partial charge in [0.1, 0.15) is 22.8 Å². The van der Waals surface area contributed by atoms with Gasteiger partial charge in [-0.1, -0.05) is 0 Å². The second-order valence-corrected chi connectivity index (χ2v) is 9.88. The van der Waals surface area contributed by atoms with Gasteiger partial charge in [0.15, 0.2) is 0 Å². The van der Waals surface area contributed by atoms with Crippen molar-refractivity contribution in [1.82, 2.24) is 9.97 Å². The Hall–Kier alpha value is -2.78. The number of morpholine rings is 1. The van der Waals surface area contributed by atoms with Crippen LogP contribution in [-0.2, 0) is 9.53 Å². The highest BCUT2D eigenvalue weighted by Crippen LogP contribution is 2.35. The second-order valence-electron chi connectivity index (χ2n) is 8.68. The quantitative estimate of drug-likeness (QED) is 0.619. The molecule has 2 aliphatic rings. The van der Waals surface area contributed by atoms with Gasteiger partial charge in [-0.3, -0.25) is 4.79 Å². The van der Waals surface area contributed by atoms with E-state index in [0.717, 1.165) is 42.0 Å². The van der Waals surface area contributed by atoms with E-state index in [-0.39, 0.29) is 17.6 Å². The van der Waals surface area contributed by atoms with Crippen molar-refractivity contribution in [3.8, 4) is 0 Å². The Kier molecular flexibility index (Phi) is 6.16. The molecule has 33 heavy (non-hydrogen) atoms. The summed E-state index contributed by atoms with van der Waals surface area (Å²) in [5, 5.41) is 4.04. The normalized spacial score (nSPS) is 17.5. The molecular weight excluding hydrogens is 441 g/mol. The van der Waals surface area contributed by atoms with Crippen LogP contribution in [0.5, 0.6) is 0 Å². The van der Waals surface area contributed by atoms with Crippen molar-refractivity contribution in [3.05, 3.63) is 40.8 Å². The van der Waals surface area contributed by atoms with Gasteiger partial charge in [-0.15, -0.1) is 11.3 Å². The number of hydrogen-bond donors (Lipinski definition) is 1. The monoisotopic (exact) mass is 469 g/mol. The summed E-state index contributed by atoms with van der Waals surface area (Å²) >= 11 is 1.69. The van der Waals surface area contributed by atoms with Gasteiger partial charge in [0.2, 0.25) is 5.91 Å². The predicted octanol–water partition coefficient (Wildman–Crippen LogP) is 4.14. The van der Waals surface area contributed by atoms with Crippen LogP contribution in [0.3, 0.4) is 0 Å². The maximum absolute atomic E-state index is 14.7. The number of nitrogens with zero attached hydrogens (tertiary/aromatic N) is 4. The highest BCUT2D eigenvalue weighted by atomic mass is 32.1. The van der Waals surface area contributed by atoms with Crippen LogP contribution >= 0.6 is 11.3 Å². The van der Waals surface area contributed by atoms with E-state index in [0.29, 0.717) is 37.7 Å². The van der Waals surface area contributed by atoms with Crippen molar-refractivity contribution in [3.63, 3.8) is 0 Å². The summed E-state index contributed by atoms with van der Waals surface area (Å²) in [6.07, 6.45) is 3.09. The smallest absolute Gasteiger partial charge is 0.227 e. The maximum Gasteiger partial charge on any atom is 0.227 e. The van der Waals surface area contributed by atoms with Crippen LogP contribution in [0.2, 0.25) is 0 Å². The Balaban J connectivity index is 1.22. The number of aryl methyl sites for hydroxylation is 2. The largest absolute Gasteiger partial charge is 0.378 e. The molecule has 2 aliphatic heterocycles. The summed E-state index contributed by atoms with van der Waals surface area (Å²) < 4.78 is 20.0. The van der Waals surface area contributed by atoms with Gasteiger partial charge in [0, 0.05) is 42.7 Å². The highest BCUT2D eigenvalue weighted by molar-refractivity contribution is 7.18. The topological polar surface area (TPSA) is 70.6 Å². The fraction of sp³-hybridized carbons (Fsp3) is 0.458. The van der Waals surface area contributed by atoms with E-state index in [1.807, 2.05) is 4.90 Å². The first-order chi connectivity index (χ1) is 16.0. The molecule has 174 valence electrons. The van der Waals surface area contributed by atoms with E-state index < -0.39 is 0 Å². The third-order valence-electron chi connectivity index (χ3n) is 6.68. The van der Waals surface area contributed by atoms with E-state index >= 15 is 0 Å². The molecule has 1 amide bonds. The zero-order valence-electron chi connectivity index (χ0n) is 18.9. The van der Waals surface area contributed by atoms with E-state index in [9.17, 15) is 9.18 Å². The molecule has 3 aromatic rings. The van der Waals surface area contributed by atoms with Crippen molar-refractivity contribution in [2.24, 2.45) is 5.92 Å². The van der Waals surface area contributed by atoms with Gasteiger partial charge in [0.25, 0.3) is 0 Å². The van der Waals surface area contributed by atoms with Crippen molar-refractivity contribution < 1.29 is 13.9 Å². The number of benzene rings is 1. The first-order valence-corrected chi connectivity index (χ1v) is 12.2. The lowest BCUT2D eigenvalue weighted by Gasteiger charge is -2.32. The lowest BCUT2D eigenvalue weighted by atomic mass is 9.95. The first-order valence-electron chi connectivity index (χ1n) is 11.4. The molecule has 1 N–H and O–H groups in total. The highest BCUT2D eigenvalue weighted by Gasteiger charge is 2.27. The van der Waals surface area contributed by atoms with Crippen molar-refractivity contribution in [2.45, 2.75) is 26.7 Å².